The van der Waals surface area contributed by atoms with Gasteiger partial charge in [0.1, 0.15) is 5.75 Å². The van der Waals surface area contributed by atoms with Gasteiger partial charge < -0.3 is 4.74 Å². The molecule has 2 aromatic carbocycles. The zero-order chi connectivity index (χ0) is 17.7. The Morgan fingerprint density at radius 1 is 1.08 bits per heavy atom. The van der Waals surface area contributed by atoms with E-state index in [-0.39, 0.29) is 14.9 Å². The SMILES string of the molecule is CCOc1ccc(S(=O)(=O)N/N=C/c2c(Cl)ccc(Cl)c2Cl)cc1. The maximum absolute atomic E-state index is 12.2. The highest BCUT2D eigenvalue weighted by molar-refractivity contribution is 7.89. The Bertz CT molecular complexity index is 853. The number of benzene rings is 2. The van der Waals surface area contributed by atoms with Gasteiger partial charge in [-0.15, -0.1) is 0 Å². The van der Waals surface area contributed by atoms with Crippen molar-refractivity contribution in [3.05, 3.63) is 57.0 Å². The average molecular weight is 408 g/mol. The summed E-state index contributed by atoms with van der Waals surface area (Å²) in [7, 11) is -3.82. The lowest BCUT2D eigenvalue weighted by Crippen LogP contribution is -2.18. The number of ether oxygens (including phenoxy) is 1. The monoisotopic (exact) mass is 406 g/mol. The third-order valence-corrected chi connectivity index (χ3v) is 5.28. The minimum Gasteiger partial charge on any atom is -0.494 e. The third kappa shape index (κ3) is 4.54. The van der Waals surface area contributed by atoms with Gasteiger partial charge in [-0.2, -0.15) is 13.5 Å². The molecule has 1 N–H and O–H groups in total. The summed E-state index contributed by atoms with van der Waals surface area (Å²) in [6.07, 6.45) is 1.20. The van der Waals surface area contributed by atoms with E-state index in [4.69, 9.17) is 39.5 Å². The topological polar surface area (TPSA) is 67.8 Å². The van der Waals surface area contributed by atoms with Gasteiger partial charge in [0.15, 0.2) is 0 Å². The van der Waals surface area contributed by atoms with Crippen molar-refractivity contribution in [3.63, 3.8) is 0 Å². The molecule has 0 aliphatic rings. The second-order valence-corrected chi connectivity index (χ2v) is 7.37. The van der Waals surface area contributed by atoms with E-state index < -0.39 is 10.0 Å². The van der Waals surface area contributed by atoms with E-state index in [1.807, 2.05) is 6.92 Å². The number of hydrogen-bond donors (Lipinski definition) is 1. The molecule has 2 aromatic rings. The Balaban J connectivity index is 2.17. The minimum atomic E-state index is -3.82. The fourth-order valence-electron chi connectivity index (χ4n) is 1.76. The zero-order valence-electron chi connectivity index (χ0n) is 12.5. The van der Waals surface area contributed by atoms with Crippen molar-refractivity contribution in [1.29, 1.82) is 0 Å². The summed E-state index contributed by atoms with van der Waals surface area (Å²) in [5.74, 6) is 0.581. The highest BCUT2D eigenvalue weighted by Crippen LogP contribution is 2.30. The van der Waals surface area contributed by atoms with Crippen LogP contribution in [0, 0.1) is 0 Å². The molecular formula is C15H13Cl3N2O3S. The molecule has 0 aliphatic heterocycles. The Labute approximate surface area is 155 Å². The van der Waals surface area contributed by atoms with E-state index in [2.05, 4.69) is 9.93 Å². The van der Waals surface area contributed by atoms with Gasteiger partial charge in [-0.05, 0) is 43.3 Å². The molecule has 0 spiro atoms. The molecule has 128 valence electrons. The maximum atomic E-state index is 12.2. The first kappa shape index (κ1) is 18.9. The lowest BCUT2D eigenvalue weighted by Gasteiger charge is -2.06. The Morgan fingerprint density at radius 3 is 2.33 bits per heavy atom. The van der Waals surface area contributed by atoms with E-state index in [0.29, 0.717) is 22.9 Å². The number of halogens is 3. The molecule has 0 aromatic heterocycles. The molecule has 0 amide bonds. The van der Waals surface area contributed by atoms with Crippen LogP contribution in [-0.4, -0.2) is 21.2 Å². The van der Waals surface area contributed by atoms with Gasteiger partial charge in [0.25, 0.3) is 10.0 Å². The normalized spacial score (nSPS) is 11.7. The molecule has 0 saturated carbocycles. The molecule has 0 fully saturated rings. The molecule has 0 radical (unpaired) electrons. The standard InChI is InChI=1S/C15H13Cl3N2O3S/c1-2-23-10-3-5-11(6-4-10)24(21,22)20-19-9-12-13(16)7-8-14(17)15(12)18/h3-9,20H,2H2,1H3/b19-9+. The predicted octanol–water partition coefficient (Wildman–Crippen LogP) is 4.36. The summed E-state index contributed by atoms with van der Waals surface area (Å²) in [5, 5.41) is 4.47. The molecular weight excluding hydrogens is 395 g/mol. The number of hydrazone groups is 1. The quantitative estimate of drug-likeness (QED) is 0.439. The molecule has 24 heavy (non-hydrogen) atoms. The van der Waals surface area contributed by atoms with Crippen LogP contribution in [-0.2, 0) is 10.0 Å². The number of nitrogens with one attached hydrogen (secondary N) is 1. The second-order valence-electron chi connectivity index (χ2n) is 4.51. The fraction of sp³-hybridized carbons (Fsp3) is 0.133. The van der Waals surface area contributed by atoms with E-state index in [9.17, 15) is 8.42 Å². The lowest BCUT2D eigenvalue weighted by molar-refractivity contribution is 0.340. The number of sulfonamides is 1. The van der Waals surface area contributed by atoms with E-state index in [1.165, 1.54) is 30.5 Å². The van der Waals surface area contributed by atoms with Crippen LogP contribution in [0.5, 0.6) is 5.75 Å². The molecule has 0 unspecified atom stereocenters. The van der Waals surface area contributed by atoms with Crippen LogP contribution < -0.4 is 9.57 Å². The lowest BCUT2D eigenvalue weighted by atomic mass is 10.2. The van der Waals surface area contributed by atoms with Crippen LogP contribution >= 0.6 is 34.8 Å². The fourth-order valence-corrected chi connectivity index (χ4v) is 3.18. The summed E-state index contributed by atoms with van der Waals surface area (Å²) < 4.78 is 29.6. The summed E-state index contributed by atoms with van der Waals surface area (Å²) >= 11 is 17.9. The first-order chi connectivity index (χ1) is 11.3. The molecule has 0 bridgehead atoms. The van der Waals surface area contributed by atoms with Crippen LogP contribution in [0.2, 0.25) is 15.1 Å². The predicted molar refractivity (Wildman–Crippen MR) is 97.0 cm³/mol. The van der Waals surface area contributed by atoms with Crippen LogP contribution in [0.1, 0.15) is 12.5 Å². The van der Waals surface area contributed by atoms with E-state index in [1.54, 1.807) is 12.1 Å². The number of nitrogens with zero attached hydrogens (tertiary/aromatic N) is 1. The van der Waals surface area contributed by atoms with Crippen molar-refractivity contribution in [2.75, 3.05) is 6.61 Å². The first-order valence-electron chi connectivity index (χ1n) is 6.76. The van der Waals surface area contributed by atoms with Crippen molar-refractivity contribution >= 4 is 51.0 Å². The first-order valence-corrected chi connectivity index (χ1v) is 9.38. The number of rotatable bonds is 6. The summed E-state index contributed by atoms with van der Waals surface area (Å²) in [6.45, 7) is 2.34. The second kappa shape index (κ2) is 8.07. The van der Waals surface area contributed by atoms with Gasteiger partial charge in [0.05, 0.1) is 32.8 Å². The van der Waals surface area contributed by atoms with E-state index in [0.717, 1.165) is 0 Å². The highest BCUT2D eigenvalue weighted by atomic mass is 35.5. The smallest absolute Gasteiger partial charge is 0.276 e. The van der Waals surface area contributed by atoms with Crippen molar-refractivity contribution in [2.45, 2.75) is 11.8 Å². The molecule has 0 heterocycles. The Morgan fingerprint density at radius 2 is 1.71 bits per heavy atom. The van der Waals surface area contributed by atoms with Crippen molar-refractivity contribution in [1.82, 2.24) is 4.83 Å². The Hall–Kier alpha value is -1.47. The minimum absolute atomic E-state index is 0.0476. The van der Waals surface area contributed by atoms with Crippen LogP contribution in [0.3, 0.4) is 0 Å². The van der Waals surface area contributed by atoms with Gasteiger partial charge in [-0.3, -0.25) is 0 Å². The van der Waals surface area contributed by atoms with Crippen LogP contribution in [0.25, 0.3) is 0 Å². The zero-order valence-corrected chi connectivity index (χ0v) is 15.5. The van der Waals surface area contributed by atoms with Gasteiger partial charge in [0.2, 0.25) is 0 Å². The van der Waals surface area contributed by atoms with E-state index >= 15 is 0 Å². The molecule has 2 rings (SSSR count). The molecule has 9 heteroatoms. The largest absolute Gasteiger partial charge is 0.494 e. The van der Waals surface area contributed by atoms with Crippen LogP contribution in [0.15, 0.2) is 46.4 Å². The molecule has 5 nitrogen and oxygen atoms in total. The summed E-state index contributed by atoms with van der Waals surface area (Å²) in [5.41, 5.74) is 0.320. The van der Waals surface area contributed by atoms with Crippen molar-refractivity contribution in [2.24, 2.45) is 5.10 Å². The maximum Gasteiger partial charge on any atom is 0.276 e. The molecule has 0 atom stereocenters. The van der Waals surface area contributed by atoms with Gasteiger partial charge in [0, 0.05) is 5.56 Å². The van der Waals surface area contributed by atoms with Crippen LogP contribution in [0.4, 0.5) is 0 Å². The highest BCUT2D eigenvalue weighted by Gasteiger charge is 2.13. The number of hydrogen-bond acceptors (Lipinski definition) is 4. The van der Waals surface area contributed by atoms with Gasteiger partial charge in [-0.25, -0.2) is 4.83 Å². The summed E-state index contributed by atoms with van der Waals surface area (Å²) in [4.78, 5) is 2.14. The van der Waals surface area contributed by atoms with Crippen molar-refractivity contribution < 1.29 is 13.2 Å². The molecule has 0 aliphatic carbocycles. The average Bonchev–Trinajstić information content (AvgIpc) is 2.55. The Kier molecular flexibility index (Phi) is 6.34. The van der Waals surface area contributed by atoms with Crippen molar-refractivity contribution in [3.8, 4) is 5.75 Å². The van der Waals surface area contributed by atoms with Gasteiger partial charge >= 0.3 is 0 Å². The third-order valence-electron chi connectivity index (χ3n) is 2.89. The summed E-state index contributed by atoms with van der Waals surface area (Å²) in [6, 6.07) is 9.04. The van der Waals surface area contributed by atoms with Gasteiger partial charge in [-0.1, -0.05) is 34.8 Å². The molecule has 0 saturated heterocycles.